The molecule has 0 bridgehead atoms. The molecular formula is C13H10N2O4. The smallest absolute Gasteiger partial charge is 0.408 e. The van der Waals surface area contributed by atoms with Crippen LogP contribution in [0.3, 0.4) is 0 Å². The van der Waals surface area contributed by atoms with Crippen LogP contribution in [-0.2, 0) is 23.2 Å². The van der Waals surface area contributed by atoms with Gasteiger partial charge in [-0.25, -0.2) is 4.79 Å². The quantitative estimate of drug-likeness (QED) is 0.738. The maximum Gasteiger partial charge on any atom is 0.419 e. The molecule has 0 spiro atoms. The molecule has 1 aromatic carbocycles. The first kappa shape index (κ1) is 11.5. The number of aryl methyl sites for hydroxylation is 1. The molecule has 0 unspecified atom stereocenters. The summed E-state index contributed by atoms with van der Waals surface area (Å²) in [6.45, 7) is 0.181. The van der Waals surface area contributed by atoms with Gasteiger partial charge < -0.3 is 4.42 Å². The number of nitrogens with zero attached hydrogens (tertiary/aromatic N) is 2. The molecule has 0 saturated carbocycles. The molecule has 0 aliphatic carbocycles. The maximum absolute atomic E-state index is 11.5. The molecule has 1 aliphatic heterocycles. The van der Waals surface area contributed by atoms with E-state index in [0.29, 0.717) is 11.1 Å². The van der Waals surface area contributed by atoms with Crippen molar-refractivity contribution >= 4 is 22.9 Å². The number of amides is 2. The highest BCUT2D eigenvalue weighted by Crippen LogP contribution is 2.17. The van der Waals surface area contributed by atoms with Gasteiger partial charge in [0.25, 0.3) is 11.8 Å². The summed E-state index contributed by atoms with van der Waals surface area (Å²) in [5, 5.41) is 0. The molecular weight excluding hydrogens is 248 g/mol. The predicted octanol–water partition coefficient (Wildman–Crippen LogP) is 0.556. The van der Waals surface area contributed by atoms with Crippen molar-refractivity contribution in [3.8, 4) is 0 Å². The van der Waals surface area contributed by atoms with Crippen LogP contribution in [-0.4, -0.2) is 21.3 Å². The molecule has 6 heteroatoms. The van der Waals surface area contributed by atoms with E-state index in [1.165, 1.54) is 16.7 Å². The van der Waals surface area contributed by atoms with Crippen LogP contribution in [0.5, 0.6) is 0 Å². The molecule has 1 aromatic heterocycles. The third kappa shape index (κ3) is 1.77. The van der Waals surface area contributed by atoms with Gasteiger partial charge >= 0.3 is 5.76 Å². The van der Waals surface area contributed by atoms with Crippen molar-refractivity contribution in [2.45, 2.75) is 6.54 Å². The number of fused-ring (bicyclic) bond motifs is 1. The third-order valence-electron chi connectivity index (χ3n) is 3.10. The van der Waals surface area contributed by atoms with Crippen molar-refractivity contribution in [2.24, 2.45) is 7.05 Å². The molecule has 6 nitrogen and oxygen atoms in total. The van der Waals surface area contributed by atoms with Gasteiger partial charge in [-0.1, -0.05) is 6.07 Å². The Balaban J connectivity index is 1.98. The second-order valence-corrected chi connectivity index (χ2v) is 4.33. The first-order valence-electron chi connectivity index (χ1n) is 5.68. The number of hydrogen-bond donors (Lipinski definition) is 0. The van der Waals surface area contributed by atoms with Crippen LogP contribution >= 0.6 is 0 Å². The molecule has 96 valence electrons. The van der Waals surface area contributed by atoms with Crippen LogP contribution in [0.15, 0.2) is 39.6 Å². The Hall–Kier alpha value is -2.63. The Kier molecular flexibility index (Phi) is 2.38. The van der Waals surface area contributed by atoms with E-state index in [9.17, 15) is 14.4 Å². The normalized spacial score (nSPS) is 14.9. The molecule has 0 fully saturated rings. The van der Waals surface area contributed by atoms with Gasteiger partial charge in [0, 0.05) is 19.2 Å². The number of carbonyl (C=O) groups is 2. The highest BCUT2D eigenvalue weighted by molar-refractivity contribution is 6.12. The van der Waals surface area contributed by atoms with Crippen LogP contribution in [0, 0.1) is 0 Å². The first-order valence-corrected chi connectivity index (χ1v) is 5.68. The Morgan fingerprint density at radius 3 is 2.47 bits per heavy atom. The Morgan fingerprint density at radius 2 is 1.79 bits per heavy atom. The van der Waals surface area contributed by atoms with E-state index in [-0.39, 0.29) is 18.4 Å². The lowest BCUT2D eigenvalue weighted by atomic mass is 10.2. The second-order valence-electron chi connectivity index (χ2n) is 4.33. The monoisotopic (exact) mass is 258 g/mol. The fourth-order valence-corrected chi connectivity index (χ4v) is 2.04. The summed E-state index contributed by atoms with van der Waals surface area (Å²) >= 11 is 0. The van der Waals surface area contributed by atoms with Gasteiger partial charge in [-0.15, -0.1) is 0 Å². The molecule has 0 radical (unpaired) electrons. The topological polar surface area (TPSA) is 72.5 Å². The van der Waals surface area contributed by atoms with Crippen molar-refractivity contribution in [2.75, 3.05) is 0 Å². The van der Waals surface area contributed by atoms with E-state index in [1.807, 2.05) is 0 Å². The van der Waals surface area contributed by atoms with Gasteiger partial charge in [0.15, 0.2) is 5.58 Å². The number of carbonyl (C=O) groups excluding carboxylic acids is 2. The highest BCUT2D eigenvalue weighted by Gasteiger charge is 2.23. The molecule has 3 rings (SSSR count). The van der Waals surface area contributed by atoms with Crippen LogP contribution in [0.2, 0.25) is 0 Å². The van der Waals surface area contributed by atoms with Gasteiger partial charge in [-0.3, -0.25) is 19.1 Å². The summed E-state index contributed by atoms with van der Waals surface area (Å²) < 4.78 is 6.39. The summed E-state index contributed by atoms with van der Waals surface area (Å²) in [6.07, 6.45) is 2.49. The van der Waals surface area contributed by atoms with E-state index in [0.717, 1.165) is 10.5 Å². The number of benzene rings is 1. The summed E-state index contributed by atoms with van der Waals surface area (Å²) in [5.74, 6) is -1.10. The van der Waals surface area contributed by atoms with Gasteiger partial charge in [0.2, 0.25) is 0 Å². The van der Waals surface area contributed by atoms with Crippen LogP contribution in [0.1, 0.15) is 5.56 Å². The van der Waals surface area contributed by atoms with Crippen molar-refractivity contribution in [3.63, 3.8) is 0 Å². The second kappa shape index (κ2) is 3.94. The van der Waals surface area contributed by atoms with Crippen molar-refractivity contribution in [1.82, 2.24) is 9.47 Å². The highest BCUT2D eigenvalue weighted by atomic mass is 16.4. The van der Waals surface area contributed by atoms with Crippen molar-refractivity contribution < 1.29 is 14.0 Å². The van der Waals surface area contributed by atoms with Crippen molar-refractivity contribution in [3.05, 3.63) is 46.5 Å². The van der Waals surface area contributed by atoms with E-state index in [4.69, 9.17) is 4.42 Å². The molecule has 0 N–H and O–H groups in total. The third-order valence-corrected chi connectivity index (χ3v) is 3.10. The van der Waals surface area contributed by atoms with Crippen molar-refractivity contribution in [1.29, 1.82) is 0 Å². The number of rotatable bonds is 2. The van der Waals surface area contributed by atoms with Gasteiger partial charge in [-0.05, 0) is 17.7 Å². The average molecular weight is 258 g/mol. The molecule has 2 amide bonds. The van der Waals surface area contributed by atoms with E-state index >= 15 is 0 Å². The summed E-state index contributed by atoms with van der Waals surface area (Å²) in [6, 6.07) is 5.12. The summed E-state index contributed by atoms with van der Waals surface area (Å²) in [5.41, 5.74) is 1.87. The van der Waals surface area contributed by atoms with Crippen LogP contribution < -0.4 is 5.76 Å². The minimum Gasteiger partial charge on any atom is -0.408 e. The molecule has 1 aliphatic rings. The lowest BCUT2D eigenvalue weighted by Crippen LogP contribution is -2.29. The molecule has 2 heterocycles. The zero-order valence-corrected chi connectivity index (χ0v) is 10.1. The predicted molar refractivity (Wildman–Crippen MR) is 66.2 cm³/mol. The summed E-state index contributed by atoms with van der Waals surface area (Å²) in [7, 11) is 1.60. The Morgan fingerprint density at radius 1 is 1.11 bits per heavy atom. The zero-order chi connectivity index (χ0) is 13.6. The standard InChI is InChI=1S/C13H10N2O4/c1-14-9-6-8(2-3-10(9)19-13(14)18)7-15-11(16)4-5-12(15)17/h2-6H,7H2,1H3. The maximum atomic E-state index is 11.5. The number of hydrogen-bond acceptors (Lipinski definition) is 4. The zero-order valence-electron chi connectivity index (χ0n) is 10.1. The number of imide groups is 1. The molecule has 19 heavy (non-hydrogen) atoms. The van der Waals surface area contributed by atoms with Crippen LogP contribution in [0.25, 0.3) is 11.1 Å². The lowest BCUT2D eigenvalue weighted by Gasteiger charge is -2.13. The Labute approximate surface area is 107 Å². The van der Waals surface area contributed by atoms with Gasteiger partial charge in [-0.2, -0.15) is 0 Å². The lowest BCUT2D eigenvalue weighted by molar-refractivity contribution is -0.137. The SMILES string of the molecule is Cn1c(=O)oc2ccc(CN3C(=O)C=CC3=O)cc21. The number of oxazole rings is 1. The minimum atomic E-state index is -0.442. The minimum absolute atomic E-state index is 0.181. The van der Waals surface area contributed by atoms with E-state index in [1.54, 1.807) is 25.2 Å². The fourth-order valence-electron chi connectivity index (χ4n) is 2.04. The molecule has 0 atom stereocenters. The summed E-state index contributed by atoms with van der Waals surface area (Å²) in [4.78, 5) is 35.4. The molecule has 0 saturated heterocycles. The first-order chi connectivity index (χ1) is 9.06. The van der Waals surface area contributed by atoms with Gasteiger partial charge in [0.1, 0.15) is 0 Å². The Bertz CT molecular complexity index is 764. The average Bonchev–Trinajstić information content (AvgIpc) is 2.85. The fraction of sp³-hybridized carbons (Fsp3) is 0.154. The van der Waals surface area contributed by atoms with Gasteiger partial charge in [0.05, 0.1) is 12.1 Å². The van der Waals surface area contributed by atoms with Crippen LogP contribution in [0.4, 0.5) is 0 Å². The van der Waals surface area contributed by atoms with E-state index < -0.39 is 5.76 Å². The largest absolute Gasteiger partial charge is 0.419 e. The molecule has 2 aromatic rings. The number of aromatic nitrogens is 1. The van der Waals surface area contributed by atoms with E-state index in [2.05, 4.69) is 0 Å².